The van der Waals surface area contributed by atoms with Crippen LogP contribution in [-0.2, 0) is 19.4 Å². The molecule has 1 aromatic heterocycles. The lowest BCUT2D eigenvalue weighted by Gasteiger charge is -2.31. The number of amides is 1. The molecule has 1 atom stereocenters. The lowest BCUT2D eigenvalue weighted by molar-refractivity contribution is -0.297. The predicted octanol–water partition coefficient (Wildman–Crippen LogP) is 3.43. The molecule has 0 unspecified atom stereocenters. The van der Waals surface area contributed by atoms with Crippen LogP contribution in [0.4, 0.5) is 13.2 Å². The number of carbonyl (C=O) groups excluding carboxylic acids is 1. The summed E-state index contributed by atoms with van der Waals surface area (Å²) in [6, 6.07) is 8.49. The van der Waals surface area contributed by atoms with Crippen LogP contribution < -0.4 is 4.74 Å². The Hall–Kier alpha value is -2.81. The van der Waals surface area contributed by atoms with E-state index in [1.165, 1.54) is 23.3 Å². The SMILES string of the molecule is O=C(c1ccc(COc2ccc3c(c2)CCC3)o1)N1N=CC[C@]1(O)C(F)(F)F. The Bertz CT molecular complexity index is 938. The second-order valence-electron chi connectivity index (χ2n) is 6.77. The summed E-state index contributed by atoms with van der Waals surface area (Å²) in [6.45, 7) is 0.0128. The summed E-state index contributed by atoms with van der Waals surface area (Å²) < 4.78 is 50.3. The molecule has 2 heterocycles. The van der Waals surface area contributed by atoms with Crippen molar-refractivity contribution in [3.63, 3.8) is 0 Å². The third kappa shape index (κ3) is 3.15. The number of nitrogens with zero attached hydrogens (tertiary/aromatic N) is 2. The first kappa shape index (κ1) is 18.5. The van der Waals surface area contributed by atoms with Crippen molar-refractivity contribution in [1.29, 1.82) is 0 Å². The average Bonchev–Trinajstić information content (AvgIpc) is 3.38. The lowest BCUT2D eigenvalue weighted by Crippen LogP contribution is -2.56. The molecule has 2 aromatic rings. The Morgan fingerprint density at radius 2 is 2.04 bits per heavy atom. The van der Waals surface area contributed by atoms with Gasteiger partial charge in [0.15, 0.2) is 5.76 Å². The van der Waals surface area contributed by atoms with Crippen molar-refractivity contribution in [1.82, 2.24) is 5.01 Å². The molecule has 1 aliphatic heterocycles. The van der Waals surface area contributed by atoms with Crippen LogP contribution >= 0.6 is 0 Å². The highest BCUT2D eigenvalue weighted by atomic mass is 19.4. The number of rotatable bonds is 4. The van der Waals surface area contributed by atoms with E-state index in [9.17, 15) is 23.1 Å². The standard InChI is InChI=1S/C19H17F3N2O4/c20-19(21,22)18(26)8-9-23-24(18)17(25)16-7-6-15(28-16)11-27-14-5-4-12-2-1-3-13(12)10-14/h4-7,9-10,26H,1-3,8,11H2/t18-/m0/s1. The Labute approximate surface area is 158 Å². The van der Waals surface area contributed by atoms with E-state index >= 15 is 0 Å². The number of furan rings is 1. The fourth-order valence-corrected chi connectivity index (χ4v) is 3.36. The largest absolute Gasteiger partial charge is 0.486 e. The van der Waals surface area contributed by atoms with Gasteiger partial charge in [0.1, 0.15) is 18.1 Å². The molecule has 1 aromatic carbocycles. The van der Waals surface area contributed by atoms with Crippen LogP contribution in [0.3, 0.4) is 0 Å². The van der Waals surface area contributed by atoms with Crippen molar-refractivity contribution in [3.05, 3.63) is 53.0 Å². The Morgan fingerprint density at radius 1 is 1.25 bits per heavy atom. The topological polar surface area (TPSA) is 75.3 Å². The van der Waals surface area contributed by atoms with Crippen LogP contribution in [-0.4, -0.2) is 34.1 Å². The zero-order valence-electron chi connectivity index (χ0n) is 14.7. The first-order valence-corrected chi connectivity index (χ1v) is 8.77. The molecule has 0 fully saturated rings. The number of carbonyl (C=O) groups is 1. The minimum atomic E-state index is -5.05. The summed E-state index contributed by atoms with van der Waals surface area (Å²) in [4.78, 5) is 12.3. The average molecular weight is 394 g/mol. The summed E-state index contributed by atoms with van der Waals surface area (Å²) in [6.07, 6.45) is -1.87. The predicted molar refractivity (Wildman–Crippen MR) is 91.8 cm³/mol. The van der Waals surface area contributed by atoms with Crippen LogP contribution in [0.5, 0.6) is 5.75 Å². The molecule has 9 heteroatoms. The number of aryl methyl sites for hydroxylation is 2. The normalized spacial score (nSPS) is 21.2. The van der Waals surface area contributed by atoms with Crippen molar-refractivity contribution in [2.75, 3.05) is 0 Å². The van der Waals surface area contributed by atoms with E-state index in [4.69, 9.17) is 9.15 Å². The zero-order valence-corrected chi connectivity index (χ0v) is 14.7. The van der Waals surface area contributed by atoms with Gasteiger partial charge in [0.25, 0.3) is 5.72 Å². The van der Waals surface area contributed by atoms with Crippen LogP contribution in [0.15, 0.2) is 39.9 Å². The number of hydrogen-bond donors (Lipinski definition) is 1. The quantitative estimate of drug-likeness (QED) is 0.862. The lowest BCUT2D eigenvalue weighted by atomic mass is 10.1. The van der Waals surface area contributed by atoms with E-state index in [-0.39, 0.29) is 23.1 Å². The molecular formula is C19H17F3N2O4. The fourth-order valence-electron chi connectivity index (χ4n) is 3.36. The zero-order chi connectivity index (χ0) is 19.9. The number of hydrogen-bond acceptors (Lipinski definition) is 5. The first-order chi connectivity index (χ1) is 13.3. The van der Waals surface area contributed by atoms with E-state index in [0.29, 0.717) is 5.75 Å². The third-order valence-corrected chi connectivity index (χ3v) is 4.89. The van der Waals surface area contributed by atoms with Gasteiger partial charge in [-0.15, -0.1) is 0 Å². The van der Waals surface area contributed by atoms with Crippen molar-refractivity contribution in [3.8, 4) is 5.75 Å². The van der Waals surface area contributed by atoms with E-state index < -0.39 is 24.2 Å². The highest BCUT2D eigenvalue weighted by Crippen LogP contribution is 2.39. The van der Waals surface area contributed by atoms with Crippen LogP contribution in [0.2, 0.25) is 0 Å². The first-order valence-electron chi connectivity index (χ1n) is 8.77. The molecular weight excluding hydrogens is 377 g/mol. The molecule has 0 bridgehead atoms. The molecule has 0 saturated carbocycles. The molecule has 2 aliphatic rings. The van der Waals surface area contributed by atoms with Crippen molar-refractivity contribution in [2.24, 2.45) is 5.10 Å². The van der Waals surface area contributed by atoms with E-state index in [1.54, 1.807) is 0 Å². The summed E-state index contributed by atoms with van der Waals surface area (Å²) in [5, 5.41) is 13.2. The monoisotopic (exact) mass is 394 g/mol. The second-order valence-corrected chi connectivity index (χ2v) is 6.77. The number of benzene rings is 1. The van der Waals surface area contributed by atoms with Crippen molar-refractivity contribution < 1.29 is 32.2 Å². The van der Waals surface area contributed by atoms with Crippen molar-refractivity contribution >= 4 is 12.1 Å². The maximum Gasteiger partial charge on any atom is 0.438 e. The third-order valence-electron chi connectivity index (χ3n) is 4.89. The Kier molecular flexibility index (Phi) is 4.41. The molecule has 148 valence electrons. The minimum Gasteiger partial charge on any atom is -0.486 e. The van der Waals surface area contributed by atoms with Gasteiger partial charge in [-0.3, -0.25) is 4.79 Å². The highest BCUT2D eigenvalue weighted by molar-refractivity contribution is 5.93. The molecule has 1 aliphatic carbocycles. The van der Waals surface area contributed by atoms with Crippen molar-refractivity contribution in [2.45, 2.75) is 44.2 Å². The van der Waals surface area contributed by atoms with E-state index in [1.807, 2.05) is 18.2 Å². The van der Waals surface area contributed by atoms with Crippen LogP contribution in [0.25, 0.3) is 0 Å². The smallest absolute Gasteiger partial charge is 0.438 e. The number of fused-ring (bicyclic) bond motifs is 1. The Morgan fingerprint density at radius 3 is 2.82 bits per heavy atom. The fraction of sp³-hybridized carbons (Fsp3) is 0.368. The molecule has 4 rings (SSSR count). The Balaban J connectivity index is 1.44. The molecule has 0 spiro atoms. The maximum absolute atomic E-state index is 13.1. The molecule has 1 amide bonds. The van der Waals surface area contributed by atoms with Gasteiger partial charge in [-0.25, -0.2) is 0 Å². The van der Waals surface area contributed by atoms with E-state index in [2.05, 4.69) is 5.10 Å². The van der Waals surface area contributed by atoms with E-state index in [0.717, 1.165) is 25.5 Å². The van der Waals surface area contributed by atoms with Gasteiger partial charge in [-0.1, -0.05) is 6.07 Å². The number of aliphatic hydroxyl groups is 1. The van der Waals surface area contributed by atoms with Gasteiger partial charge in [0.2, 0.25) is 0 Å². The summed E-state index contributed by atoms with van der Waals surface area (Å²) in [5.41, 5.74) is -0.828. The van der Waals surface area contributed by atoms with Gasteiger partial charge >= 0.3 is 12.1 Å². The minimum absolute atomic E-state index is 0.00301. The number of alkyl halides is 3. The highest BCUT2D eigenvalue weighted by Gasteiger charge is 2.61. The number of ether oxygens (including phenoxy) is 1. The van der Waals surface area contributed by atoms with Crippen LogP contribution in [0, 0.1) is 0 Å². The molecule has 0 saturated heterocycles. The summed E-state index contributed by atoms with van der Waals surface area (Å²) in [5.74, 6) is -0.630. The van der Waals surface area contributed by atoms with Gasteiger partial charge in [-0.2, -0.15) is 23.3 Å². The van der Waals surface area contributed by atoms with Gasteiger partial charge in [0, 0.05) is 12.6 Å². The molecule has 28 heavy (non-hydrogen) atoms. The maximum atomic E-state index is 13.1. The second kappa shape index (κ2) is 6.66. The summed E-state index contributed by atoms with van der Waals surface area (Å²) >= 11 is 0. The van der Waals surface area contributed by atoms with Crippen LogP contribution in [0.1, 0.15) is 40.3 Å². The molecule has 1 N–H and O–H groups in total. The van der Waals surface area contributed by atoms with Gasteiger partial charge < -0.3 is 14.3 Å². The van der Waals surface area contributed by atoms with Gasteiger partial charge in [-0.05, 0) is 54.7 Å². The molecule has 6 nitrogen and oxygen atoms in total. The summed E-state index contributed by atoms with van der Waals surface area (Å²) in [7, 11) is 0. The molecule has 0 radical (unpaired) electrons. The number of hydrazone groups is 1. The van der Waals surface area contributed by atoms with Gasteiger partial charge in [0.05, 0.1) is 0 Å². The number of halogens is 3.